The lowest BCUT2D eigenvalue weighted by atomic mass is 10.1. The maximum Gasteiger partial charge on any atom is 0.276 e. The number of benzene rings is 1. The zero-order valence-electron chi connectivity index (χ0n) is 13.8. The summed E-state index contributed by atoms with van der Waals surface area (Å²) in [6.07, 6.45) is 2.39. The highest BCUT2D eigenvalue weighted by Crippen LogP contribution is 2.19. The van der Waals surface area contributed by atoms with Gasteiger partial charge in [-0.3, -0.25) is 4.79 Å². The minimum Gasteiger partial charge on any atom is -0.377 e. The highest BCUT2D eigenvalue weighted by Gasteiger charge is 2.21. The Balaban J connectivity index is 1.63. The molecule has 0 spiro atoms. The Morgan fingerprint density at radius 1 is 1.25 bits per heavy atom. The van der Waals surface area contributed by atoms with Gasteiger partial charge in [0.2, 0.25) is 0 Å². The van der Waals surface area contributed by atoms with Crippen molar-refractivity contribution in [1.29, 1.82) is 0 Å². The quantitative estimate of drug-likeness (QED) is 0.915. The maximum absolute atomic E-state index is 12.2. The standard InChI is InChI=1S/C18H22N4O2/c1-2-24-15-9-6-12-22(13-15)17-11-10-16(20-21-17)18(23)19-14-7-4-3-5-8-14/h3-5,7-8,10-11,15H,2,6,9,12-13H2,1H3,(H,19,23). The van der Waals surface area contributed by atoms with Crippen molar-refractivity contribution in [2.24, 2.45) is 0 Å². The monoisotopic (exact) mass is 326 g/mol. The first-order valence-electron chi connectivity index (χ1n) is 8.33. The Morgan fingerprint density at radius 3 is 2.79 bits per heavy atom. The Hall–Kier alpha value is -2.47. The Bertz CT molecular complexity index is 658. The van der Waals surface area contributed by atoms with Crippen LogP contribution in [0.15, 0.2) is 42.5 Å². The van der Waals surface area contributed by atoms with E-state index in [2.05, 4.69) is 20.4 Å². The van der Waals surface area contributed by atoms with Gasteiger partial charge in [0.25, 0.3) is 5.91 Å². The lowest BCUT2D eigenvalue weighted by molar-refractivity contribution is 0.0525. The van der Waals surface area contributed by atoms with Gasteiger partial charge in [-0.05, 0) is 44.0 Å². The van der Waals surface area contributed by atoms with E-state index in [0.717, 1.165) is 44.0 Å². The second-order valence-corrected chi connectivity index (χ2v) is 5.76. The molecule has 1 atom stereocenters. The first-order valence-corrected chi connectivity index (χ1v) is 8.33. The molecule has 1 amide bonds. The summed E-state index contributed by atoms with van der Waals surface area (Å²) in [6.45, 7) is 4.49. The zero-order chi connectivity index (χ0) is 16.8. The summed E-state index contributed by atoms with van der Waals surface area (Å²) in [6, 6.07) is 12.9. The lowest BCUT2D eigenvalue weighted by Crippen LogP contribution is -2.40. The predicted molar refractivity (Wildman–Crippen MR) is 93.3 cm³/mol. The molecule has 1 aliphatic rings. The fourth-order valence-electron chi connectivity index (χ4n) is 2.85. The van der Waals surface area contributed by atoms with Crippen molar-refractivity contribution in [3.63, 3.8) is 0 Å². The van der Waals surface area contributed by atoms with E-state index in [1.54, 1.807) is 6.07 Å². The minimum atomic E-state index is -0.258. The SMILES string of the molecule is CCOC1CCCN(c2ccc(C(=O)Nc3ccccc3)nn2)C1. The van der Waals surface area contributed by atoms with Crippen molar-refractivity contribution in [2.75, 3.05) is 29.9 Å². The van der Waals surface area contributed by atoms with Crippen LogP contribution in [0.1, 0.15) is 30.3 Å². The minimum absolute atomic E-state index is 0.242. The molecular weight excluding hydrogens is 304 g/mol. The third kappa shape index (κ3) is 4.08. The molecule has 126 valence electrons. The molecule has 1 fully saturated rings. The molecule has 1 aliphatic heterocycles. The van der Waals surface area contributed by atoms with Gasteiger partial charge in [-0.1, -0.05) is 18.2 Å². The number of piperidine rings is 1. The molecule has 1 aromatic carbocycles. The molecule has 2 heterocycles. The van der Waals surface area contributed by atoms with Gasteiger partial charge in [0, 0.05) is 25.4 Å². The van der Waals surface area contributed by atoms with E-state index in [9.17, 15) is 4.79 Å². The Labute approximate surface area is 141 Å². The smallest absolute Gasteiger partial charge is 0.276 e. The first kappa shape index (κ1) is 16.4. The van der Waals surface area contributed by atoms with E-state index in [1.807, 2.05) is 43.3 Å². The van der Waals surface area contributed by atoms with Gasteiger partial charge >= 0.3 is 0 Å². The van der Waals surface area contributed by atoms with Crippen molar-refractivity contribution in [3.05, 3.63) is 48.2 Å². The van der Waals surface area contributed by atoms with Crippen LogP contribution >= 0.6 is 0 Å². The molecule has 0 aliphatic carbocycles. The van der Waals surface area contributed by atoms with Crippen LogP contribution in [0.2, 0.25) is 0 Å². The van der Waals surface area contributed by atoms with Crippen LogP contribution in [0.25, 0.3) is 0 Å². The third-order valence-electron chi connectivity index (χ3n) is 4.02. The van der Waals surface area contributed by atoms with Crippen molar-refractivity contribution in [3.8, 4) is 0 Å². The number of carbonyl (C=O) groups is 1. The summed E-state index contributed by atoms with van der Waals surface area (Å²) < 4.78 is 5.71. The van der Waals surface area contributed by atoms with E-state index >= 15 is 0 Å². The second kappa shape index (κ2) is 7.88. The van der Waals surface area contributed by atoms with Crippen LogP contribution in [0.4, 0.5) is 11.5 Å². The molecule has 0 saturated carbocycles. The number of rotatable bonds is 5. The topological polar surface area (TPSA) is 67.3 Å². The number of nitrogens with zero attached hydrogens (tertiary/aromatic N) is 3. The Kier molecular flexibility index (Phi) is 5.38. The fraction of sp³-hybridized carbons (Fsp3) is 0.389. The largest absolute Gasteiger partial charge is 0.377 e. The average Bonchev–Trinajstić information content (AvgIpc) is 2.63. The molecule has 1 N–H and O–H groups in total. The average molecular weight is 326 g/mol. The summed E-state index contributed by atoms with van der Waals surface area (Å²) in [5, 5.41) is 11.1. The Morgan fingerprint density at radius 2 is 2.08 bits per heavy atom. The molecule has 1 saturated heterocycles. The number of anilines is 2. The molecule has 1 aromatic heterocycles. The van der Waals surface area contributed by atoms with Crippen LogP contribution in [0.5, 0.6) is 0 Å². The number of hydrogen-bond acceptors (Lipinski definition) is 5. The molecule has 6 heteroatoms. The van der Waals surface area contributed by atoms with Gasteiger partial charge in [0.15, 0.2) is 11.5 Å². The van der Waals surface area contributed by atoms with E-state index in [4.69, 9.17) is 4.74 Å². The molecule has 6 nitrogen and oxygen atoms in total. The lowest BCUT2D eigenvalue weighted by Gasteiger charge is -2.32. The van der Waals surface area contributed by atoms with Crippen molar-refractivity contribution in [1.82, 2.24) is 10.2 Å². The van der Waals surface area contributed by atoms with Gasteiger partial charge in [0.1, 0.15) is 0 Å². The number of aromatic nitrogens is 2. The van der Waals surface area contributed by atoms with Gasteiger partial charge in [0.05, 0.1) is 6.10 Å². The van der Waals surface area contributed by atoms with Crippen LogP contribution in [-0.2, 0) is 4.74 Å². The van der Waals surface area contributed by atoms with Gasteiger partial charge in [-0.25, -0.2) is 0 Å². The number of amides is 1. The number of ether oxygens (including phenoxy) is 1. The van der Waals surface area contributed by atoms with Crippen LogP contribution in [0.3, 0.4) is 0 Å². The van der Waals surface area contributed by atoms with E-state index in [1.165, 1.54) is 0 Å². The first-order chi connectivity index (χ1) is 11.8. The van der Waals surface area contributed by atoms with Crippen LogP contribution in [0, 0.1) is 0 Å². The predicted octanol–water partition coefficient (Wildman–Crippen LogP) is 2.73. The number of carbonyl (C=O) groups excluding carboxylic acids is 1. The van der Waals surface area contributed by atoms with Gasteiger partial charge in [-0.15, -0.1) is 10.2 Å². The highest BCUT2D eigenvalue weighted by atomic mass is 16.5. The van der Waals surface area contributed by atoms with Gasteiger partial charge < -0.3 is 15.0 Å². The van der Waals surface area contributed by atoms with E-state index in [-0.39, 0.29) is 12.0 Å². The fourth-order valence-corrected chi connectivity index (χ4v) is 2.85. The molecule has 2 aromatic rings. The van der Waals surface area contributed by atoms with Crippen molar-refractivity contribution in [2.45, 2.75) is 25.9 Å². The molecule has 3 rings (SSSR count). The molecule has 0 radical (unpaired) electrons. The summed E-state index contributed by atoms with van der Waals surface area (Å²) in [5.41, 5.74) is 1.05. The molecule has 1 unspecified atom stereocenters. The van der Waals surface area contributed by atoms with Crippen molar-refractivity contribution < 1.29 is 9.53 Å². The zero-order valence-corrected chi connectivity index (χ0v) is 13.8. The van der Waals surface area contributed by atoms with Crippen LogP contribution in [-0.4, -0.2) is 41.9 Å². The second-order valence-electron chi connectivity index (χ2n) is 5.76. The highest BCUT2D eigenvalue weighted by molar-refractivity contribution is 6.02. The summed E-state index contributed by atoms with van der Waals surface area (Å²) in [4.78, 5) is 14.4. The number of nitrogens with one attached hydrogen (secondary N) is 1. The summed E-state index contributed by atoms with van der Waals surface area (Å²) >= 11 is 0. The maximum atomic E-state index is 12.2. The van der Waals surface area contributed by atoms with Gasteiger partial charge in [-0.2, -0.15) is 0 Å². The number of para-hydroxylation sites is 1. The molecule has 0 bridgehead atoms. The number of hydrogen-bond donors (Lipinski definition) is 1. The van der Waals surface area contributed by atoms with Crippen molar-refractivity contribution >= 4 is 17.4 Å². The molecule has 24 heavy (non-hydrogen) atoms. The molecular formula is C18H22N4O2. The van der Waals surface area contributed by atoms with E-state index < -0.39 is 0 Å². The summed E-state index contributed by atoms with van der Waals surface area (Å²) in [7, 11) is 0. The summed E-state index contributed by atoms with van der Waals surface area (Å²) in [5.74, 6) is 0.529. The third-order valence-corrected chi connectivity index (χ3v) is 4.02. The van der Waals surface area contributed by atoms with E-state index in [0.29, 0.717) is 5.69 Å². The normalized spacial score (nSPS) is 17.5. The van der Waals surface area contributed by atoms with Crippen LogP contribution < -0.4 is 10.2 Å².